The largest absolute Gasteiger partial charge is 0.394 e. The molecule has 0 aliphatic heterocycles. The molecular formula is C10H10F3NO2. The highest BCUT2D eigenvalue weighted by atomic mass is 19.1. The fourth-order valence-corrected chi connectivity index (χ4v) is 1.10. The van der Waals surface area contributed by atoms with E-state index in [1.807, 2.05) is 0 Å². The minimum Gasteiger partial charge on any atom is -0.394 e. The van der Waals surface area contributed by atoms with Crippen LogP contribution in [0.3, 0.4) is 0 Å². The van der Waals surface area contributed by atoms with Gasteiger partial charge in [0.15, 0.2) is 0 Å². The second kappa shape index (κ2) is 4.98. The van der Waals surface area contributed by atoms with Crippen molar-refractivity contribution in [3.63, 3.8) is 0 Å². The van der Waals surface area contributed by atoms with Crippen molar-refractivity contribution in [3.8, 4) is 0 Å². The van der Waals surface area contributed by atoms with Crippen molar-refractivity contribution in [2.45, 2.75) is 13.0 Å². The maximum absolute atomic E-state index is 13.1. The van der Waals surface area contributed by atoms with E-state index < -0.39 is 35.0 Å². The highest BCUT2D eigenvalue weighted by Crippen LogP contribution is 2.14. The van der Waals surface area contributed by atoms with Gasteiger partial charge in [0.2, 0.25) is 0 Å². The molecule has 1 atom stereocenters. The van der Waals surface area contributed by atoms with Gasteiger partial charge in [-0.3, -0.25) is 4.79 Å². The van der Waals surface area contributed by atoms with E-state index in [0.717, 1.165) is 0 Å². The summed E-state index contributed by atoms with van der Waals surface area (Å²) in [5.74, 6) is -4.68. The first-order valence-electron chi connectivity index (χ1n) is 4.52. The number of hydrogen-bond acceptors (Lipinski definition) is 2. The number of rotatable bonds is 3. The van der Waals surface area contributed by atoms with Gasteiger partial charge in [-0.2, -0.15) is 0 Å². The van der Waals surface area contributed by atoms with Crippen molar-refractivity contribution >= 4 is 5.91 Å². The van der Waals surface area contributed by atoms with Gasteiger partial charge in [0.25, 0.3) is 5.91 Å². The number of aliphatic hydroxyl groups excluding tert-OH is 1. The zero-order valence-corrected chi connectivity index (χ0v) is 8.43. The Morgan fingerprint density at radius 2 is 1.88 bits per heavy atom. The highest BCUT2D eigenvalue weighted by molar-refractivity contribution is 5.94. The van der Waals surface area contributed by atoms with E-state index in [4.69, 9.17) is 5.11 Å². The number of amides is 1. The summed E-state index contributed by atoms with van der Waals surface area (Å²) in [6.07, 6.45) is 0. The van der Waals surface area contributed by atoms with Crippen LogP contribution in [-0.2, 0) is 0 Å². The van der Waals surface area contributed by atoms with E-state index in [1.165, 1.54) is 6.92 Å². The maximum Gasteiger partial charge on any atom is 0.257 e. The predicted octanol–water partition coefficient (Wildman–Crippen LogP) is 1.21. The summed E-state index contributed by atoms with van der Waals surface area (Å²) < 4.78 is 38.8. The number of benzene rings is 1. The molecule has 0 saturated carbocycles. The Bertz CT molecular complexity index is 386. The molecule has 0 aromatic heterocycles. The molecule has 1 amide bonds. The standard InChI is InChI=1S/C10H10F3NO2/c1-5(4-15)14-10(16)9-7(12)2-6(11)3-8(9)13/h2-3,5,15H,4H2,1H3,(H,14,16)/t5-/m1/s1. The normalized spacial score (nSPS) is 12.3. The molecule has 6 heteroatoms. The van der Waals surface area contributed by atoms with E-state index >= 15 is 0 Å². The summed E-state index contributed by atoms with van der Waals surface area (Å²) in [7, 11) is 0. The molecule has 2 N–H and O–H groups in total. The number of carbonyl (C=O) groups excluding carboxylic acids is 1. The minimum atomic E-state index is -1.28. The van der Waals surface area contributed by atoms with Gasteiger partial charge < -0.3 is 10.4 Å². The Balaban J connectivity index is 3.00. The minimum absolute atomic E-state index is 0.365. The smallest absolute Gasteiger partial charge is 0.257 e. The molecule has 1 aromatic rings. The Labute approximate surface area is 89.9 Å². The van der Waals surface area contributed by atoms with Crippen LogP contribution in [0.1, 0.15) is 17.3 Å². The molecule has 0 saturated heterocycles. The lowest BCUT2D eigenvalue weighted by Crippen LogP contribution is -2.36. The predicted molar refractivity (Wildman–Crippen MR) is 50.3 cm³/mol. The Morgan fingerprint density at radius 1 is 1.38 bits per heavy atom. The van der Waals surface area contributed by atoms with Gasteiger partial charge in [-0.15, -0.1) is 0 Å². The Hall–Kier alpha value is -1.56. The third-order valence-electron chi connectivity index (χ3n) is 1.89. The molecule has 16 heavy (non-hydrogen) atoms. The van der Waals surface area contributed by atoms with E-state index in [9.17, 15) is 18.0 Å². The number of nitrogens with one attached hydrogen (secondary N) is 1. The third kappa shape index (κ3) is 2.73. The van der Waals surface area contributed by atoms with E-state index in [1.54, 1.807) is 0 Å². The molecule has 88 valence electrons. The summed E-state index contributed by atoms with van der Waals surface area (Å²) >= 11 is 0. The molecule has 0 bridgehead atoms. The van der Waals surface area contributed by atoms with Gasteiger partial charge in [0, 0.05) is 18.2 Å². The van der Waals surface area contributed by atoms with Crippen molar-refractivity contribution in [3.05, 3.63) is 35.1 Å². The van der Waals surface area contributed by atoms with Crippen LogP contribution in [0, 0.1) is 17.5 Å². The molecule has 3 nitrogen and oxygen atoms in total. The van der Waals surface area contributed by atoms with Crippen LogP contribution in [0.4, 0.5) is 13.2 Å². The number of aliphatic hydroxyl groups is 1. The van der Waals surface area contributed by atoms with Gasteiger partial charge >= 0.3 is 0 Å². The molecule has 0 aliphatic rings. The average molecular weight is 233 g/mol. The van der Waals surface area contributed by atoms with Gasteiger partial charge in [-0.25, -0.2) is 13.2 Å². The van der Waals surface area contributed by atoms with Crippen molar-refractivity contribution in [1.82, 2.24) is 5.32 Å². The molecule has 0 fully saturated rings. The maximum atomic E-state index is 13.1. The zero-order valence-electron chi connectivity index (χ0n) is 8.43. The fourth-order valence-electron chi connectivity index (χ4n) is 1.10. The summed E-state index contributed by atoms with van der Waals surface area (Å²) in [6, 6.07) is 0.194. The van der Waals surface area contributed by atoms with Gasteiger partial charge in [0.05, 0.1) is 6.61 Å². The topological polar surface area (TPSA) is 49.3 Å². The van der Waals surface area contributed by atoms with Crippen LogP contribution < -0.4 is 5.32 Å². The van der Waals surface area contributed by atoms with Crippen LogP contribution in [-0.4, -0.2) is 23.7 Å². The molecule has 1 aromatic carbocycles. The lowest BCUT2D eigenvalue weighted by molar-refractivity contribution is 0.0913. The van der Waals surface area contributed by atoms with E-state index in [2.05, 4.69) is 5.32 Å². The molecule has 0 spiro atoms. The second-order valence-corrected chi connectivity index (χ2v) is 3.30. The number of carbonyl (C=O) groups is 1. The Kier molecular flexibility index (Phi) is 3.89. The van der Waals surface area contributed by atoms with Crippen molar-refractivity contribution in [1.29, 1.82) is 0 Å². The number of halogens is 3. The summed E-state index contributed by atoms with van der Waals surface area (Å²) in [5, 5.41) is 10.8. The van der Waals surface area contributed by atoms with E-state index in [0.29, 0.717) is 12.1 Å². The molecule has 1 rings (SSSR count). The monoisotopic (exact) mass is 233 g/mol. The van der Waals surface area contributed by atoms with Crippen molar-refractivity contribution < 1.29 is 23.1 Å². The summed E-state index contributed by atoms with van der Waals surface area (Å²) in [4.78, 5) is 11.3. The number of hydrogen-bond donors (Lipinski definition) is 2. The second-order valence-electron chi connectivity index (χ2n) is 3.30. The SMILES string of the molecule is C[C@H](CO)NC(=O)c1c(F)cc(F)cc1F. The third-order valence-corrected chi connectivity index (χ3v) is 1.89. The molecular weight excluding hydrogens is 223 g/mol. The van der Waals surface area contributed by atoms with Gasteiger partial charge in [-0.05, 0) is 6.92 Å². The van der Waals surface area contributed by atoms with Crippen LogP contribution in [0.15, 0.2) is 12.1 Å². The Morgan fingerprint density at radius 3 is 2.31 bits per heavy atom. The molecule has 0 unspecified atom stereocenters. The summed E-state index contributed by atoms with van der Waals surface area (Å²) in [6.45, 7) is 1.09. The molecule has 0 heterocycles. The first-order chi connectivity index (χ1) is 7.45. The quantitative estimate of drug-likeness (QED) is 0.824. The van der Waals surface area contributed by atoms with E-state index in [-0.39, 0.29) is 6.61 Å². The highest BCUT2D eigenvalue weighted by Gasteiger charge is 2.19. The first-order valence-corrected chi connectivity index (χ1v) is 4.52. The van der Waals surface area contributed by atoms with Crippen LogP contribution in [0.25, 0.3) is 0 Å². The van der Waals surface area contributed by atoms with Crippen LogP contribution in [0.5, 0.6) is 0 Å². The average Bonchev–Trinajstić information content (AvgIpc) is 2.15. The molecule has 0 aliphatic carbocycles. The lowest BCUT2D eigenvalue weighted by atomic mass is 10.1. The fraction of sp³-hybridized carbons (Fsp3) is 0.300. The summed E-state index contributed by atoms with van der Waals surface area (Å²) in [5.41, 5.74) is -0.860. The van der Waals surface area contributed by atoms with Crippen LogP contribution in [0.2, 0.25) is 0 Å². The zero-order chi connectivity index (χ0) is 12.3. The lowest BCUT2D eigenvalue weighted by Gasteiger charge is -2.11. The molecule has 0 radical (unpaired) electrons. The first kappa shape index (κ1) is 12.5. The van der Waals surface area contributed by atoms with Crippen molar-refractivity contribution in [2.75, 3.05) is 6.61 Å². The van der Waals surface area contributed by atoms with Crippen molar-refractivity contribution in [2.24, 2.45) is 0 Å². The van der Waals surface area contributed by atoms with Gasteiger partial charge in [-0.1, -0.05) is 0 Å². The van der Waals surface area contributed by atoms with Gasteiger partial charge in [0.1, 0.15) is 23.0 Å². The van der Waals surface area contributed by atoms with Crippen LogP contribution >= 0.6 is 0 Å².